The van der Waals surface area contributed by atoms with Gasteiger partial charge in [-0.15, -0.1) is 0 Å². The molecule has 1 rings (SSSR count). The summed E-state index contributed by atoms with van der Waals surface area (Å²) in [5.74, 6) is 0. The Kier molecular flexibility index (Phi) is 3.76. The zero-order valence-electron chi connectivity index (χ0n) is 7.71. The van der Waals surface area contributed by atoms with Crippen molar-refractivity contribution in [3.8, 4) is 0 Å². The molecule has 14 heavy (non-hydrogen) atoms. The minimum Gasteiger partial charge on any atom is -0.450 e. The highest BCUT2D eigenvalue weighted by Gasteiger charge is 2.05. The number of carbonyl (C=O) groups is 1. The van der Waals surface area contributed by atoms with E-state index < -0.39 is 6.09 Å². The van der Waals surface area contributed by atoms with Gasteiger partial charge >= 0.3 is 6.09 Å². The second-order valence-electron chi connectivity index (χ2n) is 2.58. The number of nitrogens with two attached hydrogens (primary N) is 1. The highest BCUT2D eigenvalue weighted by atomic mass is 79.9. The van der Waals surface area contributed by atoms with Gasteiger partial charge in [0.1, 0.15) is 0 Å². The molecule has 0 aliphatic rings. The van der Waals surface area contributed by atoms with Gasteiger partial charge in [0, 0.05) is 10.2 Å². The normalized spacial score (nSPS) is 9.57. The molecule has 76 valence electrons. The van der Waals surface area contributed by atoms with Crippen molar-refractivity contribution in [2.45, 2.75) is 6.92 Å². The van der Waals surface area contributed by atoms with Crippen LogP contribution in [0.25, 0.3) is 0 Å². The fourth-order valence-electron chi connectivity index (χ4n) is 0.910. The maximum Gasteiger partial charge on any atom is 0.411 e. The molecule has 0 aromatic heterocycles. The van der Waals surface area contributed by atoms with Crippen LogP contribution in [0.4, 0.5) is 16.2 Å². The van der Waals surface area contributed by atoms with Crippen molar-refractivity contribution in [2.75, 3.05) is 17.7 Å². The van der Waals surface area contributed by atoms with E-state index in [4.69, 9.17) is 10.5 Å². The molecule has 1 amide bonds. The van der Waals surface area contributed by atoms with Gasteiger partial charge in [0.05, 0.1) is 12.3 Å². The Morgan fingerprint density at radius 1 is 1.64 bits per heavy atom. The van der Waals surface area contributed by atoms with E-state index in [0.717, 1.165) is 4.47 Å². The molecule has 0 aliphatic heterocycles. The Morgan fingerprint density at radius 2 is 2.36 bits per heavy atom. The van der Waals surface area contributed by atoms with Crippen LogP contribution in [-0.4, -0.2) is 12.7 Å². The van der Waals surface area contributed by atoms with Crippen LogP contribution < -0.4 is 11.1 Å². The predicted octanol–water partition coefficient (Wildman–Crippen LogP) is 2.60. The summed E-state index contributed by atoms with van der Waals surface area (Å²) in [5.41, 5.74) is 6.81. The van der Waals surface area contributed by atoms with Crippen LogP contribution in [0.2, 0.25) is 0 Å². The second kappa shape index (κ2) is 4.85. The van der Waals surface area contributed by atoms with Gasteiger partial charge in [-0.2, -0.15) is 0 Å². The summed E-state index contributed by atoms with van der Waals surface area (Å²) in [7, 11) is 0. The molecule has 1 aromatic carbocycles. The summed E-state index contributed by atoms with van der Waals surface area (Å²) in [6.45, 7) is 2.09. The Balaban J connectivity index is 2.72. The van der Waals surface area contributed by atoms with Gasteiger partial charge in [0.2, 0.25) is 0 Å². The number of halogens is 1. The Morgan fingerprint density at radius 3 is 2.93 bits per heavy atom. The standard InChI is InChI=1S/C9H11BrN2O2/c1-2-14-9(13)12-8-4-3-6(11)5-7(8)10/h3-5H,2,11H2,1H3,(H,12,13). The van der Waals surface area contributed by atoms with E-state index in [1.807, 2.05) is 0 Å². The van der Waals surface area contributed by atoms with Gasteiger partial charge in [-0.25, -0.2) is 4.79 Å². The monoisotopic (exact) mass is 258 g/mol. The summed E-state index contributed by atoms with van der Waals surface area (Å²) < 4.78 is 5.46. The average Bonchev–Trinajstić information content (AvgIpc) is 2.10. The van der Waals surface area contributed by atoms with Gasteiger partial charge < -0.3 is 10.5 Å². The lowest BCUT2D eigenvalue weighted by Gasteiger charge is -2.07. The van der Waals surface area contributed by atoms with Crippen molar-refractivity contribution in [3.63, 3.8) is 0 Å². The summed E-state index contributed by atoms with van der Waals surface area (Å²) in [5, 5.41) is 2.57. The largest absolute Gasteiger partial charge is 0.450 e. The molecule has 0 fully saturated rings. The SMILES string of the molecule is CCOC(=O)Nc1ccc(N)cc1Br. The first kappa shape index (κ1) is 10.8. The quantitative estimate of drug-likeness (QED) is 0.802. The van der Waals surface area contributed by atoms with Crippen molar-refractivity contribution in [3.05, 3.63) is 22.7 Å². The summed E-state index contributed by atoms with van der Waals surface area (Å²) >= 11 is 3.28. The number of nitrogens with one attached hydrogen (secondary N) is 1. The average molecular weight is 259 g/mol. The molecule has 0 aliphatic carbocycles. The number of benzene rings is 1. The van der Waals surface area contributed by atoms with E-state index in [-0.39, 0.29) is 0 Å². The van der Waals surface area contributed by atoms with Crippen molar-refractivity contribution < 1.29 is 9.53 Å². The highest BCUT2D eigenvalue weighted by molar-refractivity contribution is 9.10. The molecule has 0 atom stereocenters. The third kappa shape index (κ3) is 2.92. The number of carbonyl (C=O) groups excluding carboxylic acids is 1. The first-order chi connectivity index (χ1) is 6.63. The molecule has 0 saturated heterocycles. The topological polar surface area (TPSA) is 64.3 Å². The number of nitrogen functional groups attached to an aromatic ring is 1. The summed E-state index contributed by atoms with van der Waals surface area (Å²) in [4.78, 5) is 11.1. The van der Waals surface area contributed by atoms with Crippen molar-refractivity contribution >= 4 is 33.4 Å². The van der Waals surface area contributed by atoms with Crippen molar-refractivity contribution in [1.82, 2.24) is 0 Å². The Hall–Kier alpha value is -1.23. The van der Waals surface area contributed by atoms with E-state index in [9.17, 15) is 4.79 Å². The lowest BCUT2D eigenvalue weighted by molar-refractivity contribution is 0.168. The number of hydrogen-bond donors (Lipinski definition) is 2. The molecule has 0 spiro atoms. The van der Waals surface area contributed by atoms with Gasteiger partial charge in [-0.1, -0.05) is 0 Å². The van der Waals surface area contributed by atoms with Gasteiger partial charge in [0.25, 0.3) is 0 Å². The van der Waals surface area contributed by atoms with Gasteiger partial charge in [-0.3, -0.25) is 5.32 Å². The second-order valence-corrected chi connectivity index (χ2v) is 3.44. The summed E-state index contributed by atoms with van der Waals surface area (Å²) in [6.07, 6.45) is -0.474. The van der Waals surface area contributed by atoms with Gasteiger partial charge in [0.15, 0.2) is 0 Å². The van der Waals surface area contributed by atoms with E-state index in [2.05, 4.69) is 21.2 Å². The zero-order chi connectivity index (χ0) is 10.6. The van der Waals surface area contributed by atoms with Crippen LogP contribution in [0.1, 0.15) is 6.92 Å². The van der Waals surface area contributed by atoms with E-state index in [1.54, 1.807) is 25.1 Å². The predicted molar refractivity (Wildman–Crippen MR) is 59.2 cm³/mol. The minimum atomic E-state index is -0.474. The first-order valence-corrected chi connectivity index (χ1v) is 4.91. The third-order valence-electron chi connectivity index (χ3n) is 1.51. The molecule has 3 N–H and O–H groups in total. The Bertz CT molecular complexity index is 342. The third-order valence-corrected chi connectivity index (χ3v) is 2.16. The number of rotatable bonds is 2. The fourth-order valence-corrected chi connectivity index (χ4v) is 1.41. The molecule has 4 nitrogen and oxygen atoms in total. The van der Waals surface area contributed by atoms with Crippen LogP contribution in [0.15, 0.2) is 22.7 Å². The molecule has 0 radical (unpaired) electrons. The molecule has 0 heterocycles. The maximum atomic E-state index is 11.1. The number of ether oxygens (including phenoxy) is 1. The number of hydrogen-bond acceptors (Lipinski definition) is 3. The van der Waals surface area contributed by atoms with Crippen LogP contribution in [-0.2, 0) is 4.74 Å². The molecule has 0 bridgehead atoms. The van der Waals surface area contributed by atoms with Crippen LogP contribution >= 0.6 is 15.9 Å². The smallest absolute Gasteiger partial charge is 0.411 e. The lowest BCUT2D eigenvalue weighted by atomic mass is 10.3. The van der Waals surface area contributed by atoms with Crippen LogP contribution in [0, 0.1) is 0 Å². The maximum absolute atomic E-state index is 11.1. The first-order valence-electron chi connectivity index (χ1n) is 4.12. The van der Waals surface area contributed by atoms with E-state index >= 15 is 0 Å². The fraction of sp³-hybridized carbons (Fsp3) is 0.222. The van der Waals surface area contributed by atoms with Crippen molar-refractivity contribution in [2.24, 2.45) is 0 Å². The molecule has 0 unspecified atom stereocenters. The highest BCUT2D eigenvalue weighted by Crippen LogP contribution is 2.24. The summed E-state index contributed by atoms with van der Waals surface area (Å²) in [6, 6.07) is 5.12. The zero-order valence-corrected chi connectivity index (χ0v) is 9.30. The molecular weight excluding hydrogens is 248 g/mol. The van der Waals surface area contributed by atoms with Gasteiger partial charge in [-0.05, 0) is 41.1 Å². The van der Waals surface area contributed by atoms with Crippen LogP contribution in [0.3, 0.4) is 0 Å². The molecule has 0 saturated carbocycles. The van der Waals surface area contributed by atoms with E-state index in [0.29, 0.717) is 18.0 Å². The number of amides is 1. The molecule has 1 aromatic rings. The number of anilines is 2. The van der Waals surface area contributed by atoms with E-state index in [1.165, 1.54) is 0 Å². The molecular formula is C9H11BrN2O2. The lowest BCUT2D eigenvalue weighted by Crippen LogP contribution is -2.13. The van der Waals surface area contributed by atoms with Crippen molar-refractivity contribution in [1.29, 1.82) is 0 Å². The minimum absolute atomic E-state index is 0.346. The van der Waals surface area contributed by atoms with Crippen LogP contribution in [0.5, 0.6) is 0 Å². The Labute approximate surface area is 90.6 Å². The molecule has 5 heteroatoms.